The Labute approximate surface area is 176 Å². The zero-order valence-electron chi connectivity index (χ0n) is 17.7. The number of aromatic nitrogens is 1. The molecule has 1 aliphatic carbocycles. The number of ether oxygens (including phenoxy) is 1. The Bertz CT molecular complexity index is 1110. The zero-order chi connectivity index (χ0) is 21.4. The molecule has 2 aliphatic rings. The number of rotatable bonds is 4. The van der Waals surface area contributed by atoms with Crippen LogP contribution in [0.1, 0.15) is 66.7 Å². The second kappa shape index (κ2) is 8.12. The van der Waals surface area contributed by atoms with E-state index in [1.165, 1.54) is 6.07 Å². The molecule has 5 heteroatoms. The summed E-state index contributed by atoms with van der Waals surface area (Å²) in [5, 5.41) is 9.92. The molecule has 1 aliphatic heterocycles. The maximum Gasteiger partial charge on any atom is 0.343 e. The number of pyridine rings is 1. The molecule has 0 unspecified atom stereocenters. The SMILES string of the molecule is CCOC(=O)c1cn2c(cc1=O)-c1cc(CO)c(C#CC3CC3)cc1C[C@H]2C(C)C. The molecule has 0 amide bonds. The Morgan fingerprint density at radius 2 is 2.07 bits per heavy atom. The summed E-state index contributed by atoms with van der Waals surface area (Å²) in [5.74, 6) is 6.73. The molecule has 1 aromatic heterocycles. The highest BCUT2D eigenvalue weighted by atomic mass is 16.5. The molecule has 0 saturated heterocycles. The molecular weight excluding hydrogens is 378 g/mol. The molecule has 4 rings (SSSR count). The van der Waals surface area contributed by atoms with E-state index in [9.17, 15) is 14.7 Å². The fourth-order valence-electron chi connectivity index (χ4n) is 4.03. The zero-order valence-corrected chi connectivity index (χ0v) is 17.7. The van der Waals surface area contributed by atoms with Crippen LogP contribution in [0.15, 0.2) is 29.2 Å². The molecule has 1 N–H and O–H groups in total. The summed E-state index contributed by atoms with van der Waals surface area (Å²) in [5.41, 5.74) is 4.14. The minimum absolute atomic E-state index is 0.0593. The maximum absolute atomic E-state index is 12.7. The molecule has 156 valence electrons. The largest absolute Gasteiger partial charge is 0.462 e. The van der Waals surface area contributed by atoms with Crippen LogP contribution in [-0.4, -0.2) is 22.2 Å². The van der Waals surface area contributed by atoms with Gasteiger partial charge in [-0.2, -0.15) is 0 Å². The van der Waals surface area contributed by atoms with Gasteiger partial charge in [0.05, 0.1) is 18.9 Å². The van der Waals surface area contributed by atoms with Crippen molar-refractivity contribution in [3.63, 3.8) is 0 Å². The lowest BCUT2D eigenvalue weighted by Gasteiger charge is -2.34. The van der Waals surface area contributed by atoms with E-state index < -0.39 is 5.97 Å². The third-order valence-corrected chi connectivity index (χ3v) is 5.89. The number of aliphatic hydroxyl groups is 1. The van der Waals surface area contributed by atoms with Crippen molar-refractivity contribution in [3.8, 4) is 23.1 Å². The molecule has 0 spiro atoms. The van der Waals surface area contributed by atoms with Gasteiger partial charge in [0.2, 0.25) is 0 Å². The summed E-state index contributed by atoms with van der Waals surface area (Å²) >= 11 is 0. The first-order chi connectivity index (χ1) is 14.4. The number of benzene rings is 1. The van der Waals surface area contributed by atoms with Gasteiger partial charge < -0.3 is 14.4 Å². The van der Waals surface area contributed by atoms with Gasteiger partial charge in [0, 0.05) is 35.3 Å². The average molecular weight is 405 g/mol. The van der Waals surface area contributed by atoms with Crippen LogP contribution in [0.25, 0.3) is 11.3 Å². The molecule has 1 saturated carbocycles. The van der Waals surface area contributed by atoms with E-state index in [1.54, 1.807) is 13.1 Å². The third-order valence-electron chi connectivity index (χ3n) is 5.89. The molecule has 0 radical (unpaired) electrons. The highest BCUT2D eigenvalue weighted by molar-refractivity contribution is 5.89. The smallest absolute Gasteiger partial charge is 0.343 e. The van der Waals surface area contributed by atoms with Crippen LogP contribution in [0.4, 0.5) is 0 Å². The quantitative estimate of drug-likeness (QED) is 0.622. The number of esters is 1. The van der Waals surface area contributed by atoms with Crippen molar-refractivity contribution in [2.45, 2.75) is 52.7 Å². The Morgan fingerprint density at radius 3 is 2.70 bits per heavy atom. The van der Waals surface area contributed by atoms with Crippen molar-refractivity contribution in [2.24, 2.45) is 11.8 Å². The Hall–Kier alpha value is -2.84. The first-order valence-electron chi connectivity index (χ1n) is 10.6. The standard InChI is InChI=1S/C25H27NO4/c1-4-30-25(29)21-13-26-22(15(2)3)11-18-9-17(8-7-16-5-6-16)19(14-27)10-20(18)23(26)12-24(21)28/h9-10,12-13,15-16,22,27H,4-6,11,14H2,1-3H3/t22-/m0/s1. The molecule has 5 nitrogen and oxygen atoms in total. The maximum atomic E-state index is 12.7. The molecule has 1 atom stereocenters. The Morgan fingerprint density at radius 1 is 1.30 bits per heavy atom. The van der Waals surface area contributed by atoms with Crippen LogP contribution in [-0.2, 0) is 17.8 Å². The molecule has 1 aromatic carbocycles. The summed E-state index contributed by atoms with van der Waals surface area (Å²) < 4.78 is 7.09. The lowest BCUT2D eigenvalue weighted by molar-refractivity contribution is 0.0523. The molecule has 2 heterocycles. The second-order valence-electron chi connectivity index (χ2n) is 8.45. The van der Waals surface area contributed by atoms with Gasteiger partial charge in [-0.1, -0.05) is 25.7 Å². The Balaban J connectivity index is 1.88. The summed E-state index contributed by atoms with van der Waals surface area (Å²) in [6.45, 7) is 6.11. The number of nitrogens with zero attached hydrogens (tertiary/aromatic N) is 1. The van der Waals surface area contributed by atoms with Crippen molar-refractivity contribution >= 4 is 5.97 Å². The van der Waals surface area contributed by atoms with Gasteiger partial charge in [-0.3, -0.25) is 4.79 Å². The van der Waals surface area contributed by atoms with Gasteiger partial charge in [-0.05, 0) is 55.4 Å². The lowest BCUT2D eigenvalue weighted by Crippen LogP contribution is -2.28. The number of hydrogen-bond acceptors (Lipinski definition) is 4. The van der Waals surface area contributed by atoms with E-state index in [1.807, 2.05) is 10.6 Å². The molecule has 2 aromatic rings. The van der Waals surface area contributed by atoms with E-state index in [-0.39, 0.29) is 30.2 Å². The summed E-state index contributed by atoms with van der Waals surface area (Å²) in [7, 11) is 0. The van der Waals surface area contributed by atoms with E-state index in [0.29, 0.717) is 11.8 Å². The highest BCUT2D eigenvalue weighted by Crippen LogP contribution is 2.39. The van der Waals surface area contributed by atoms with Crippen molar-refractivity contribution in [3.05, 3.63) is 56.9 Å². The minimum Gasteiger partial charge on any atom is -0.462 e. The number of hydrogen-bond donors (Lipinski definition) is 1. The minimum atomic E-state index is -0.590. The molecular formula is C25H27NO4. The summed E-state index contributed by atoms with van der Waals surface area (Å²) in [6, 6.07) is 5.64. The fraction of sp³-hybridized carbons (Fsp3) is 0.440. The second-order valence-corrected chi connectivity index (χ2v) is 8.45. The summed E-state index contributed by atoms with van der Waals surface area (Å²) in [4.78, 5) is 25.0. The number of carbonyl (C=O) groups excluding carboxylic acids is 1. The van der Waals surface area contributed by atoms with Gasteiger partial charge in [0.15, 0.2) is 5.43 Å². The predicted molar refractivity (Wildman–Crippen MR) is 115 cm³/mol. The van der Waals surface area contributed by atoms with Gasteiger partial charge in [-0.25, -0.2) is 4.79 Å². The summed E-state index contributed by atoms with van der Waals surface area (Å²) in [6.07, 6.45) is 4.72. The van der Waals surface area contributed by atoms with Crippen molar-refractivity contribution in [1.82, 2.24) is 4.57 Å². The van der Waals surface area contributed by atoms with Gasteiger partial charge >= 0.3 is 5.97 Å². The van der Waals surface area contributed by atoms with Gasteiger partial charge in [-0.15, -0.1) is 0 Å². The van der Waals surface area contributed by atoms with E-state index in [0.717, 1.165) is 47.2 Å². The van der Waals surface area contributed by atoms with E-state index in [4.69, 9.17) is 4.74 Å². The van der Waals surface area contributed by atoms with Crippen molar-refractivity contribution < 1.29 is 14.6 Å². The molecule has 30 heavy (non-hydrogen) atoms. The van der Waals surface area contributed by atoms with E-state index in [2.05, 4.69) is 31.8 Å². The average Bonchev–Trinajstić information content (AvgIpc) is 3.55. The lowest BCUT2D eigenvalue weighted by atomic mass is 9.85. The number of fused-ring (bicyclic) bond motifs is 3. The highest BCUT2D eigenvalue weighted by Gasteiger charge is 2.29. The van der Waals surface area contributed by atoms with Gasteiger partial charge in [0.25, 0.3) is 0 Å². The molecule has 0 bridgehead atoms. The molecule has 1 fully saturated rings. The van der Waals surface area contributed by atoms with Crippen molar-refractivity contribution in [2.75, 3.05) is 6.61 Å². The van der Waals surface area contributed by atoms with Gasteiger partial charge in [0.1, 0.15) is 5.56 Å². The van der Waals surface area contributed by atoms with E-state index >= 15 is 0 Å². The van der Waals surface area contributed by atoms with Crippen LogP contribution in [0, 0.1) is 23.7 Å². The Kier molecular flexibility index (Phi) is 5.53. The van der Waals surface area contributed by atoms with Crippen LogP contribution < -0.4 is 5.43 Å². The number of carbonyl (C=O) groups is 1. The normalized spacial score (nSPS) is 17.0. The van der Waals surface area contributed by atoms with Crippen LogP contribution >= 0.6 is 0 Å². The van der Waals surface area contributed by atoms with Crippen LogP contribution in [0.5, 0.6) is 0 Å². The van der Waals surface area contributed by atoms with Crippen LogP contribution in [0.3, 0.4) is 0 Å². The third kappa shape index (κ3) is 3.80. The van der Waals surface area contributed by atoms with Crippen LogP contribution in [0.2, 0.25) is 0 Å². The monoisotopic (exact) mass is 405 g/mol. The first-order valence-corrected chi connectivity index (χ1v) is 10.6. The topological polar surface area (TPSA) is 68.5 Å². The number of aliphatic hydroxyl groups excluding tert-OH is 1. The first kappa shape index (κ1) is 20.4. The predicted octanol–water partition coefficient (Wildman–Crippen LogP) is 3.70. The van der Waals surface area contributed by atoms with Crippen molar-refractivity contribution in [1.29, 1.82) is 0 Å². The fourth-order valence-corrected chi connectivity index (χ4v) is 4.03.